The van der Waals surface area contributed by atoms with Crippen molar-refractivity contribution >= 4 is 35.5 Å². The van der Waals surface area contributed by atoms with Gasteiger partial charge in [0.15, 0.2) is 11.0 Å². The lowest BCUT2D eigenvalue weighted by Gasteiger charge is -2.10. The first-order valence-electron chi connectivity index (χ1n) is 9.74. The maximum absolute atomic E-state index is 12.3. The predicted molar refractivity (Wildman–Crippen MR) is 127 cm³/mol. The first kappa shape index (κ1) is 21.7. The van der Waals surface area contributed by atoms with Crippen LogP contribution >= 0.6 is 23.4 Å². The highest BCUT2D eigenvalue weighted by molar-refractivity contribution is 7.99. The molecule has 0 aliphatic rings. The van der Waals surface area contributed by atoms with Crippen LogP contribution in [0.5, 0.6) is 0 Å². The summed E-state index contributed by atoms with van der Waals surface area (Å²) in [5, 5.41) is 13.9. The number of halogens is 1. The van der Waals surface area contributed by atoms with Crippen molar-refractivity contribution in [3.05, 3.63) is 89.2 Å². The molecule has 0 atom stereocenters. The van der Waals surface area contributed by atoms with Gasteiger partial charge in [-0.05, 0) is 43.3 Å². The van der Waals surface area contributed by atoms with Gasteiger partial charge in [0.25, 0.3) is 5.91 Å². The fourth-order valence-corrected chi connectivity index (χ4v) is 3.73. The molecule has 0 aliphatic carbocycles. The monoisotopic (exact) mass is 462 g/mol. The third kappa shape index (κ3) is 5.40. The Balaban J connectivity index is 1.53. The molecule has 2 heterocycles. The number of rotatable bonds is 7. The smallest absolute Gasteiger partial charge is 0.250 e. The number of benzene rings is 2. The minimum atomic E-state index is -0.260. The number of carbonyl (C=O) groups is 1. The van der Waals surface area contributed by atoms with Crippen molar-refractivity contribution in [2.75, 3.05) is 5.75 Å². The molecular formula is C23H19ClN6OS. The number of nitrogens with one attached hydrogen (secondary N) is 1. The van der Waals surface area contributed by atoms with E-state index >= 15 is 0 Å². The van der Waals surface area contributed by atoms with E-state index in [2.05, 4.69) is 25.7 Å². The molecule has 0 saturated carbocycles. The fraction of sp³-hybridized carbons (Fsp3) is 0.0870. The quantitative estimate of drug-likeness (QED) is 0.248. The Morgan fingerprint density at radius 3 is 2.59 bits per heavy atom. The van der Waals surface area contributed by atoms with Gasteiger partial charge >= 0.3 is 0 Å². The summed E-state index contributed by atoms with van der Waals surface area (Å²) in [7, 11) is 0. The van der Waals surface area contributed by atoms with Crippen molar-refractivity contribution in [3.8, 4) is 17.1 Å². The number of pyridine rings is 1. The lowest BCUT2D eigenvalue weighted by molar-refractivity contribution is -0.118. The zero-order valence-electron chi connectivity index (χ0n) is 17.1. The van der Waals surface area contributed by atoms with E-state index < -0.39 is 0 Å². The van der Waals surface area contributed by atoms with E-state index in [-0.39, 0.29) is 11.7 Å². The summed E-state index contributed by atoms with van der Waals surface area (Å²) in [6, 6.07) is 20.9. The fourth-order valence-electron chi connectivity index (χ4n) is 2.86. The zero-order chi connectivity index (χ0) is 22.3. The molecule has 0 bridgehead atoms. The van der Waals surface area contributed by atoms with Crippen LogP contribution in [0, 0.1) is 6.92 Å². The average molecular weight is 463 g/mol. The van der Waals surface area contributed by atoms with Gasteiger partial charge < -0.3 is 0 Å². The van der Waals surface area contributed by atoms with Crippen molar-refractivity contribution in [2.24, 2.45) is 5.10 Å². The highest BCUT2D eigenvalue weighted by atomic mass is 35.5. The van der Waals surface area contributed by atoms with E-state index in [1.54, 1.807) is 12.3 Å². The normalized spacial score (nSPS) is 11.1. The number of aromatic nitrogens is 4. The van der Waals surface area contributed by atoms with Crippen molar-refractivity contribution in [2.45, 2.75) is 12.1 Å². The van der Waals surface area contributed by atoms with Crippen LogP contribution in [0.4, 0.5) is 0 Å². The van der Waals surface area contributed by atoms with Gasteiger partial charge in [-0.3, -0.25) is 14.3 Å². The second kappa shape index (κ2) is 10.2. The first-order chi connectivity index (χ1) is 15.6. The molecule has 0 radical (unpaired) electrons. The minimum Gasteiger partial charge on any atom is -0.272 e. The third-order valence-corrected chi connectivity index (χ3v) is 5.62. The van der Waals surface area contributed by atoms with Crippen LogP contribution in [0.3, 0.4) is 0 Å². The average Bonchev–Trinajstić information content (AvgIpc) is 3.23. The molecule has 9 heteroatoms. The molecule has 0 spiro atoms. The van der Waals surface area contributed by atoms with Crippen molar-refractivity contribution in [1.82, 2.24) is 25.2 Å². The van der Waals surface area contributed by atoms with Gasteiger partial charge in [-0.2, -0.15) is 5.10 Å². The molecule has 0 aliphatic heterocycles. The number of carbonyl (C=O) groups excluding carboxylic acids is 1. The van der Waals surface area contributed by atoms with Crippen LogP contribution in [0.25, 0.3) is 17.1 Å². The van der Waals surface area contributed by atoms with E-state index in [1.165, 1.54) is 18.0 Å². The Labute approximate surface area is 194 Å². The molecule has 2 aromatic carbocycles. The summed E-state index contributed by atoms with van der Waals surface area (Å²) < 4.78 is 1.91. The summed E-state index contributed by atoms with van der Waals surface area (Å²) in [6.07, 6.45) is 3.16. The number of amides is 1. The SMILES string of the molecule is Cc1ccc(-c2nnc(SCC(=O)NN=Cc3ccccn3)n2-c2ccc(Cl)cc2)cc1. The van der Waals surface area contributed by atoms with E-state index in [0.717, 1.165) is 16.8 Å². The molecule has 1 N–H and O–H groups in total. The van der Waals surface area contributed by atoms with Gasteiger partial charge in [-0.25, -0.2) is 5.43 Å². The maximum atomic E-state index is 12.3. The number of hydrogen-bond donors (Lipinski definition) is 1. The van der Waals surface area contributed by atoms with Crippen LogP contribution in [0.15, 0.2) is 83.2 Å². The second-order valence-corrected chi connectivity index (χ2v) is 8.20. The van der Waals surface area contributed by atoms with Crippen LogP contribution in [-0.4, -0.2) is 37.6 Å². The van der Waals surface area contributed by atoms with Gasteiger partial charge in [0.05, 0.1) is 17.7 Å². The third-order valence-electron chi connectivity index (χ3n) is 4.43. The lowest BCUT2D eigenvalue weighted by Crippen LogP contribution is -2.20. The van der Waals surface area contributed by atoms with E-state index in [0.29, 0.717) is 21.7 Å². The molecule has 2 aromatic heterocycles. The highest BCUT2D eigenvalue weighted by Crippen LogP contribution is 2.28. The summed E-state index contributed by atoms with van der Waals surface area (Å²) >= 11 is 7.34. The summed E-state index contributed by atoms with van der Waals surface area (Å²) in [5.41, 5.74) is 6.10. The first-order valence-corrected chi connectivity index (χ1v) is 11.1. The number of thioether (sulfide) groups is 1. The number of hydrogen-bond acceptors (Lipinski definition) is 6. The maximum Gasteiger partial charge on any atom is 0.250 e. The number of nitrogens with zero attached hydrogens (tertiary/aromatic N) is 5. The second-order valence-electron chi connectivity index (χ2n) is 6.82. The topological polar surface area (TPSA) is 85.1 Å². The molecule has 0 fully saturated rings. The van der Waals surface area contributed by atoms with Gasteiger partial charge in [-0.1, -0.05) is 59.3 Å². The van der Waals surface area contributed by atoms with Crippen molar-refractivity contribution < 1.29 is 4.79 Å². The van der Waals surface area contributed by atoms with E-state index in [9.17, 15) is 4.79 Å². The standard InChI is InChI=1S/C23H19ClN6OS/c1-16-5-7-17(8-6-16)22-28-29-23(30(22)20-11-9-18(24)10-12-20)32-15-21(31)27-26-14-19-4-2-3-13-25-19/h2-14H,15H2,1H3,(H,27,31). The highest BCUT2D eigenvalue weighted by Gasteiger charge is 2.17. The zero-order valence-corrected chi connectivity index (χ0v) is 18.7. The van der Waals surface area contributed by atoms with Crippen LogP contribution < -0.4 is 5.43 Å². The van der Waals surface area contributed by atoms with E-state index in [4.69, 9.17) is 11.6 Å². The van der Waals surface area contributed by atoms with Crippen molar-refractivity contribution in [1.29, 1.82) is 0 Å². The van der Waals surface area contributed by atoms with Crippen LogP contribution in [0.2, 0.25) is 5.02 Å². The molecular weight excluding hydrogens is 444 g/mol. The van der Waals surface area contributed by atoms with Gasteiger partial charge in [0.2, 0.25) is 0 Å². The van der Waals surface area contributed by atoms with Crippen molar-refractivity contribution in [3.63, 3.8) is 0 Å². The molecule has 4 rings (SSSR count). The minimum absolute atomic E-state index is 0.124. The predicted octanol–water partition coefficient (Wildman–Crippen LogP) is 4.53. The molecule has 32 heavy (non-hydrogen) atoms. The largest absolute Gasteiger partial charge is 0.272 e. The lowest BCUT2D eigenvalue weighted by atomic mass is 10.1. The summed E-state index contributed by atoms with van der Waals surface area (Å²) in [4.78, 5) is 16.4. The Hall–Kier alpha value is -3.49. The molecule has 0 unspecified atom stereocenters. The van der Waals surface area contributed by atoms with Crippen LogP contribution in [-0.2, 0) is 4.79 Å². The Morgan fingerprint density at radius 1 is 1.09 bits per heavy atom. The molecule has 1 amide bonds. The molecule has 0 saturated heterocycles. The van der Waals surface area contributed by atoms with Gasteiger partial charge in [0, 0.05) is 22.5 Å². The van der Waals surface area contributed by atoms with Crippen LogP contribution in [0.1, 0.15) is 11.3 Å². The number of aryl methyl sites for hydroxylation is 1. The Morgan fingerprint density at radius 2 is 1.88 bits per heavy atom. The summed E-state index contributed by atoms with van der Waals surface area (Å²) in [5.74, 6) is 0.548. The Kier molecular flexibility index (Phi) is 6.94. The van der Waals surface area contributed by atoms with Gasteiger partial charge in [0.1, 0.15) is 0 Å². The molecule has 4 aromatic rings. The van der Waals surface area contributed by atoms with E-state index in [1.807, 2.05) is 72.2 Å². The van der Waals surface area contributed by atoms with Gasteiger partial charge in [-0.15, -0.1) is 10.2 Å². The molecule has 160 valence electrons. The Bertz CT molecular complexity index is 1220. The molecule has 7 nitrogen and oxygen atoms in total. The number of hydrazone groups is 1. The summed E-state index contributed by atoms with van der Waals surface area (Å²) in [6.45, 7) is 2.03.